The van der Waals surface area contributed by atoms with Crippen LogP contribution in [0.3, 0.4) is 0 Å². The number of rotatable bonds is 12. The monoisotopic (exact) mass is 463 g/mol. The summed E-state index contributed by atoms with van der Waals surface area (Å²) in [5, 5.41) is 28.6. The lowest BCUT2D eigenvalue weighted by Gasteiger charge is -2.24. The highest BCUT2D eigenvalue weighted by Gasteiger charge is 2.30. The molecule has 180 valence electrons. The molecule has 1 saturated heterocycles. The Hall–Kier alpha value is -3.67. The molecule has 12 nitrogen and oxygen atoms in total. The molecule has 33 heavy (non-hydrogen) atoms. The van der Waals surface area contributed by atoms with Gasteiger partial charge in [0.1, 0.15) is 24.4 Å². The topological polar surface area (TPSA) is 200 Å². The molecule has 3 atom stereocenters. The third-order valence-electron chi connectivity index (χ3n) is 5.11. The zero-order valence-electron chi connectivity index (χ0n) is 18.0. The van der Waals surface area contributed by atoms with E-state index in [1.807, 2.05) is 0 Å². The van der Waals surface area contributed by atoms with E-state index < -0.39 is 54.3 Å². The highest BCUT2D eigenvalue weighted by molar-refractivity contribution is 5.94. The van der Waals surface area contributed by atoms with Crippen LogP contribution in [0.5, 0.6) is 5.75 Å². The molecule has 3 unspecified atom stereocenters. The van der Waals surface area contributed by atoms with E-state index in [0.717, 1.165) is 6.42 Å². The van der Waals surface area contributed by atoms with Crippen molar-refractivity contribution >= 4 is 29.6 Å². The number of phenolic OH excluding ortho intramolecular Hbond substituents is 1. The molecule has 1 aliphatic heterocycles. The summed E-state index contributed by atoms with van der Waals surface area (Å²) >= 11 is 0. The van der Waals surface area contributed by atoms with Crippen molar-refractivity contribution in [2.75, 3.05) is 13.1 Å². The van der Waals surface area contributed by atoms with Crippen molar-refractivity contribution < 1.29 is 34.2 Å². The number of hydrogen-bond donors (Lipinski definition) is 7. The number of aliphatic carboxylic acids is 1. The van der Waals surface area contributed by atoms with Crippen molar-refractivity contribution in [3.63, 3.8) is 0 Å². The Morgan fingerprint density at radius 3 is 2.33 bits per heavy atom. The maximum absolute atomic E-state index is 13.0. The van der Waals surface area contributed by atoms with Crippen LogP contribution in [0.4, 0.5) is 0 Å². The van der Waals surface area contributed by atoms with Crippen molar-refractivity contribution in [2.45, 2.75) is 50.2 Å². The second kappa shape index (κ2) is 12.4. The number of nitrogens with two attached hydrogens (primary N) is 1. The average molecular weight is 463 g/mol. The fourth-order valence-electron chi connectivity index (χ4n) is 3.37. The number of carbonyl (C=O) groups is 5. The fraction of sp³-hybridized carbons (Fsp3) is 0.476. The van der Waals surface area contributed by atoms with Crippen molar-refractivity contribution in [3.05, 3.63) is 29.8 Å². The molecule has 0 radical (unpaired) electrons. The Morgan fingerprint density at radius 1 is 1.06 bits per heavy atom. The van der Waals surface area contributed by atoms with E-state index >= 15 is 0 Å². The number of carboxylic acids is 1. The lowest BCUT2D eigenvalue weighted by molar-refractivity contribution is -0.138. The zero-order chi connectivity index (χ0) is 24.4. The summed E-state index contributed by atoms with van der Waals surface area (Å²) in [5.41, 5.74) is 5.78. The van der Waals surface area contributed by atoms with Crippen LogP contribution in [0.15, 0.2) is 24.3 Å². The maximum atomic E-state index is 13.0. The van der Waals surface area contributed by atoms with Gasteiger partial charge in [0.05, 0.1) is 6.04 Å². The second-order valence-electron chi connectivity index (χ2n) is 7.76. The summed E-state index contributed by atoms with van der Waals surface area (Å²) in [7, 11) is 0. The molecule has 0 spiro atoms. The largest absolute Gasteiger partial charge is 0.508 e. The summed E-state index contributed by atoms with van der Waals surface area (Å²) in [6, 6.07) is 3.18. The van der Waals surface area contributed by atoms with E-state index in [2.05, 4.69) is 21.3 Å². The number of benzene rings is 1. The van der Waals surface area contributed by atoms with Gasteiger partial charge in [-0.1, -0.05) is 12.1 Å². The molecule has 1 aromatic carbocycles. The first-order chi connectivity index (χ1) is 15.7. The average Bonchev–Trinajstić information content (AvgIpc) is 3.30. The molecule has 1 fully saturated rings. The van der Waals surface area contributed by atoms with Gasteiger partial charge in [-0.15, -0.1) is 0 Å². The van der Waals surface area contributed by atoms with Gasteiger partial charge in [0.15, 0.2) is 0 Å². The highest BCUT2D eigenvalue weighted by atomic mass is 16.4. The van der Waals surface area contributed by atoms with Gasteiger partial charge < -0.3 is 37.2 Å². The summed E-state index contributed by atoms with van der Waals surface area (Å²) in [6.45, 7) is 0.0324. The Bertz CT molecular complexity index is 868. The van der Waals surface area contributed by atoms with Gasteiger partial charge in [0.2, 0.25) is 23.6 Å². The van der Waals surface area contributed by atoms with Crippen LogP contribution in [-0.4, -0.2) is 71.0 Å². The van der Waals surface area contributed by atoms with E-state index in [0.29, 0.717) is 18.5 Å². The minimum Gasteiger partial charge on any atom is -0.508 e. The lowest BCUT2D eigenvalue weighted by Crippen LogP contribution is -2.56. The first-order valence-electron chi connectivity index (χ1n) is 10.6. The highest BCUT2D eigenvalue weighted by Crippen LogP contribution is 2.12. The quantitative estimate of drug-likeness (QED) is 0.187. The second-order valence-corrected chi connectivity index (χ2v) is 7.76. The summed E-state index contributed by atoms with van der Waals surface area (Å²) in [5.74, 6) is -3.74. The van der Waals surface area contributed by atoms with Gasteiger partial charge in [-0.3, -0.25) is 24.0 Å². The maximum Gasteiger partial charge on any atom is 0.322 e. The molecule has 4 amide bonds. The lowest BCUT2D eigenvalue weighted by atomic mass is 10.0. The number of nitrogens with one attached hydrogen (secondary N) is 4. The van der Waals surface area contributed by atoms with Gasteiger partial charge in [-0.2, -0.15) is 0 Å². The number of primary amides is 1. The van der Waals surface area contributed by atoms with Crippen LogP contribution in [-0.2, 0) is 30.4 Å². The molecule has 1 aliphatic rings. The first kappa shape index (κ1) is 25.6. The minimum absolute atomic E-state index is 0.00185. The Balaban J connectivity index is 2.14. The molecule has 2 rings (SSSR count). The number of hydrogen-bond acceptors (Lipinski definition) is 7. The molecule has 0 aromatic heterocycles. The van der Waals surface area contributed by atoms with Crippen LogP contribution >= 0.6 is 0 Å². The number of phenols is 1. The normalized spacial score (nSPS) is 16.9. The third kappa shape index (κ3) is 8.77. The van der Waals surface area contributed by atoms with Crippen molar-refractivity contribution in [1.82, 2.24) is 21.3 Å². The molecule has 1 aromatic rings. The van der Waals surface area contributed by atoms with Gasteiger partial charge in [-0.05, 0) is 43.5 Å². The van der Waals surface area contributed by atoms with Crippen LogP contribution in [0.2, 0.25) is 0 Å². The van der Waals surface area contributed by atoms with E-state index in [1.54, 1.807) is 12.1 Å². The number of carboxylic acid groups (broad SMARTS) is 1. The first-order valence-corrected chi connectivity index (χ1v) is 10.6. The van der Waals surface area contributed by atoms with E-state index in [4.69, 9.17) is 10.8 Å². The zero-order valence-corrected chi connectivity index (χ0v) is 18.0. The van der Waals surface area contributed by atoms with E-state index in [9.17, 15) is 29.1 Å². The number of amides is 4. The van der Waals surface area contributed by atoms with Crippen molar-refractivity contribution in [2.24, 2.45) is 5.73 Å². The Morgan fingerprint density at radius 2 is 1.76 bits per heavy atom. The third-order valence-corrected chi connectivity index (χ3v) is 5.11. The summed E-state index contributed by atoms with van der Waals surface area (Å²) in [4.78, 5) is 60.1. The van der Waals surface area contributed by atoms with Gasteiger partial charge >= 0.3 is 5.97 Å². The molecule has 0 saturated carbocycles. The van der Waals surface area contributed by atoms with E-state index in [1.165, 1.54) is 12.1 Å². The van der Waals surface area contributed by atoms with Gasteiger partial charge in [0, 0.05) is 12.8 Å². The van der Waals surface area contributed by atoms with Crippen molar-refractivity contribution in [3.8, 4) is 5.75 Å². The molecule has 8 N–H and O–H groups in total. The molecule has 1 heterocycles. The van der Waals surface area contributed by atoms with Crippen LogP contribution in [0.1, 0.15) is 31.2 Å². The molecular formula is C21H29N5O7. The van der Waals surface area contributed by atoms with Gasteiger partial charge in [-0.25, -0.2) is 0 Å². The SMILES string of the molecule is NC(=O)CCC(NC(=O)C1CCCN1)C(=O)NC(Cc1ccc(O)cc1)C(=O)NCC(=O)O. The molecule has 0 aliphatic carbocycles. The molecular weight excluding hydrogens is 434 g/mol. The summed E-state index contributed by atoms with van der Waals surface area (Å²) in [6.07, 6.45) is 1.19. The fourth-order valence-corrected chi connectivity index (χ4v) is 3.37. The predicted molar refractivity (Wildman–Crippen MR) is 116 cm³/mol. The minimum atomic E-state index is -1.26. The number of aromatic hydroxyl groups is 1. The van der Waals surface area contributed by atoms with Crippen LogP contribution in [0, 0.1) is 0 Å². The van der Waals surface area contributed by atoms with Crippen molar-refractivity contribution in [1.29, 1.82) is 0 Å². The molecule has 0 bridgehead atoms. The number of carbonyl (C=O) groups excluding carboxylic acids is 4. The summed E-state index contributed by atoms with van der Waals surface area (Å²) < 4.78 is 0. The molecule has 12 heteroatoms. The van der Waals surface area contributed by atoms with Gasteiger partial charge in [0.25, 0.3) is 0 Å². The Labute approximate surface area is 190 Å². The van der Waals surface area contributed by atoms with E-state index in [-0.39, 0.29) is 25.0 Å². The van der Waals surface area contributed by atoms with Crippen LogP contribution in [0.25, 0.3) is 0 Å². The smallest absolute Gasteiger partial charge is 0.322 e. The van der Waals surface area contributed by atoms with Crippen LogP contribution < -0.4 is 27.0 Å². The predicted octanol–water partition coefficient (Wildman–Crippen LogP) is -1.88. The standard InChI is InChI=1S/C21H29N5O7/c22-17(28)8-7-15(25-20(32)14-2-1-9-23-14)21(33)26-16(19(31)24-11-18(29)30)10-12-3-5-13(27)6-4-12/h3-6,14-16,23,27H,1-2,7-11H2,(H2,22,28)(H,24,31)(H,25,32)(H,26,33)(H,29,30). The Kier molecular flexibility index (Phi) is 9.61.